The van der Waals surface area contributed by atoms with Gasteiger partial charge >= 0.3 is 25.8 Å². The fraction of sp³-hybridized carbons (Fsp3) is 1.00. The van der Waals surface area contributed by atoms with Crippen LogP contribution in [-0.4, -0.2) is 40.7 Å². The number of hydrogen-bond acceptors (Lipinski definition) is 6. The second-order valence-corrected chi connectivity index (χ2v) is 7.47. The lowest BCUT2D eigenvalue weighted by atomic mass is 9.98. The fourth-order valence-corrected chi connectivity index (χ4v) is 4.19. The highest BCUT2D eigenvalue weighted by Crippen LogP contribution is 2.36. The maximum Gasteiger partial charge on any atom is 0.512 e. The molecule has 3 atom stereocenters. The number of alkyl halides is 3. The van der Waals surface area contributed by atoms with Crippen LogP contribution in [-0.2, 0) is 29.2 Å². The molecule has 2 saturated heterocycles. The molecule has 12 heteroatoms. The predicted molar refractivity (Wildman–Crippen MR) is 54.4 cm³/mol. The summed E-state index contributed by atoms with van der Waals surface area (Å²) >= 11 is 0. The van der Waals surface area contributed by atoms with Crippen LogP contribution in [0.15, 0.2) is 0 Å². The first-order valence-electron chi connectivity index (χ1n) is 5.19. The quantitative estimate of drug-likeness (QED) is 0.781. The molecule has 0 spiro atoms. The highest BCUT2D eigenvalue weighted by atomic mass is 32.3. The summed E-state index contributed by atoms with van der Waals surface area (Å²) in [6.07, 6.45) is -0.229. The summed E-state index contributed by atoms with van der Waals surface area (Å²) in [4.78, 5) is 0. The van der Waals surface area contributed by atoms with Crippen molar-refractivity contribution in [2.45, 2.75) is 43.1 Å². The first-order valence-corrected chi connectivity index (χ1v) is 8.08. The van der Waals surface area contributed by atoms with Crippen molar-refractivity contribution in [1.82, 2.24) is 4.13 Å². The van der Waals surface area contributed by atoms with E-state index in [1.807, 2.05) is 0 Å². The van der Waals surface area contributed by atoms with Gasteiger partial charge in [0.25, 0.3) is 0 Å². The van der Waals surface area contributed by atoms with Crippen molar-refractivity contribution < 1.29 is 38.9 Å². The minimum atomic E-state index is -6.01. The molecule has 19 heavy (non-hydrogen) atoms. The lowest BCUT2D eigenvalue weighted by Crippen LogP contribution is -2.43. The van der Waals surface area contributed by atoms with Gasteiger partial charge in [0.05, 0.1) is 12.2 Å². The molecule has 0 radical (unpaired) electrons. The number of halogens is 3. The van der Waals surface area contributed by atoms with Crippen LogP contribution in [0, 0.1) is 0 Å². The lowest BCUT2D eigenvalue weighted by molar-refractivity contribution is -0.0442. The second-order valence-electron chi connectivity index (χ2n) is 4.23. The largest absolute Gasteiger partial charge is 0.512 e. The summed E-state index contributed by atoms with van der Waals surface area (Å²) < 4.78 is 90.1. The Kier molecular flexibility index (Phi) is 3.58. The Bertz CT molecular complexity index is 556. The molecule has 0 aromatic heterocycles. The van der Waals surface area contributed by atoms with Crippen LogP contribution in [0.4, 0.5) is 13.2 Å². The van der Waals surface area contributed by atoms with Crippen molar-refractivity contribution in [3.8, 4) is 0 Å². The lowest BCUT2D eigenvalue weighted by Gasteiger charge is -2.19. The van der Waals surface area contributed by atoms with Gasteiger partial charge in [-0.1, -0.05) is 4.13 Å². The van der Waals surface area contributed by atoms with E-state index in [-0.39, 0.29) is 12.5 Å². The molecule has 3 unspecified atom stereocenters. The Morgan fingerprint density at radius 2 is 1.79 bits per heavy atom. The molecule has 0 saturated carbocycles. The van der Waals surface area contributed by atoms with E-state index >= 15 is 0 Å². The van der Waals surface area contributed by atoms with Crippen LogP contribution in [0.25, 0.3) is 0 Å². The van der Waals surface area contributed by atoms with Crippen molar-refractivity contribution in [3.63, 3.8) is 0 Å². The maximum absolute atomic E-state index is 12.0. The van der Waals surface area contributed by atoms with Crippen LogP contribution in [0.5, 0.6) is 0 Å². The third-order valence-corrected chi connectivity index (χ3v) is 5.62. The summed E-state index contributed by atoms with van der Waals surface area (Å²) in [6.45, 7) is 0. The van der Waals surface area contributed by atoms with Gasteiger partial charge in [0, 0.05) is 6.42 Å². The van der Waals surface area contributed by atoms with Gasteiger partial charge in [0.15, 0.2) is 0 Å². The van der Waals surface area contributed by atoms with Crippen molar-refractivity contribution >= 4 is 20.3 Å². The molecule has 2 rings (SSSR count). The molecule has 0 aromatic carbocycles. The van der Waals surface area contributed by atoms with E-state index in [9.17, 15) is 30.0 Å². The Balaban J connectivity index is 2.04. The average Bonchev–Trinajstić information content (AvgIpc) is 2.73. The first kappa shape index (κ1) is 15.0. The van der Waals surface area contributed by atoms with Gasteiger partial charge in [0.2, 0.25) is 0 Å². The zero-order chi connectivity index (χ0) is 14.5. The van der Waals surface area contributed by atoms with Gasteiger partial charge in [-0.2, -0.15) is 21.6 Å². The molecule has 2 heterocycles. The van der Waals surface area contributed by atoms with Crippen LogP contribution in [0.3, 0.4) is 0 Å². The predicted octanol–water partition coefficient (Wildman–Crippen LogP) is 0.00690. The molecule has 0 aromatic rings. The Morgan fingerprint density at radius 1 is 1.16 bits per heavy atom. The third-order valence-electron chi connectivity index (χ3n) is 2.82. The molecule has 0 aliphatic carbocycles. The van der Waals surface area contributed by atoms with Crippen LogP contribution < -0.4 is 4.13 Å². The summed E-state index contributed by atoms with van der Waals surface area (Å²) in [5.41, 5.74) is -5.73. The molecule has 1 N–H and O–H groups in total. The number of hydrogen-bond donors (Lipinski definition) is 1. The SMILES string of the molecule is O=S(=O)(NS(=O)(=O)C(F)(F)F)OC1CC2CCC1O2. The van der Waals surface area contributed by atoms with Gasteiger partial charge in [0.1, 0.15) is 6.10 Å². The molecular formula is C7H10F3NO6S2. The average molecular weight is 325 g/mol. The summed E-state index contributed by atoms with van der Waals surface area (Å²) in [7, 11) is -11.1. The van der Waals surface area contributed by atoms with Crippen LogP contribution in [0.2, 0.25) is 0 Å². The standard InChI is InChI=1S/C7H10F3NO6S2/c8-7(9,10)18(12,13)11-19(14,15)17-6-3-4-1-2-5(6)16-4/h4-6,11H,1-3H2. The summed E-state index contributed by atoms with van der Waals surface area (Å²) in [5.74, 6) is 0. The highest BCUT2D eigenvalue weighted by Gasteiger charge is 2.50. The van der Waals surface area contributed by atoms with E-state index < -0.39 is 38.0 Å². The Morgan fingerprint density at radius 3 is 2.21 bits per heavy atom. The topological polar surface area (TPSA) is 98.8 Å². The minimum absolute atomic E-state index is 0.190. The molecule has 0 amide bonds. The Labute approximate surface area is 107 Å². The van der Waals surface area contributed by atoms with Crippen molar-refractivity contribution in [2.24, 2.45) is 0 Å². The smallest absolute Gasteiger partial charge is 0.372 e. The monoisotopic (exact) mass is 325 g/mol. The van der Waals surface area contributed by atoms with E-state index in [1.165, 1.54) is 0 Å². The zero-order valence-corrected chi connectivity index (χ0v) is 10.9. The molecule has 7 nitrogen and oxygen atoms in total. The fourth-order valence-electron chi connectivity index (χ4n) is 2.06. The van der Waals surface area contributed by atoms with E-state index in [0.29, 0.717) is 10.5 Å². The second kappa shape index (κ2) is 4.55. The number of rotatable bonds is 4. The molecule has 2 aliphatic rings. The highest BCUT2D eigenvalue weighted by molar-refractivity contribution is 8.03. The van der Waals surface area contributed by atoms with Gasteiger partial charge in [-0.3, -0.25) is 4.18 Å². The number of nitrogens with one attached hydrogen (secondary N) is 1. The number of sulfonamides is 1. The van der Waals surface area contributed by atoms with Gasteiger partial charge < -0.3 is 4.74 Å². The number of fused-ring (bicyclic) bond motifs is 2. The van der Waals surface area contributed by atoms with E-state index in [0.717, 1.165) is 6.42 Å². The van der Waals surface area contributed by atoms with Gasteiger partial charge in [-0.25, -0.2) is 8.42 Å². The van der Waals surface area contributed by atoms with E-state index in [4.69, 9.17) is 4.74 Å². The van der Waals surface area contributed by atoms with Crippen LogP contribution in [0.1, 0.15) is 19.3 Å². The van der Waals surface area contributed by atoms with Crippen molar-refractivity contribution in [1.29, 1.82) is 0 Å². The van der Waals surface area contributed by atoms with Gasteiger partial charge in [-0.05, 0) is 12.8 Å². The normalized spacial score (nSPS) is 31.8. The number of ether oxygens (including phenoxy) is 1. The van der Waals surface area contributed by atoms with Crippen molar-refractivity contribution in [2.75, 3.05) is 0 Å². The van der Waals surface area contributed by atoms with Crippen LogP contribution >= 0.6 is 0 Å². The molecule has 2 bridgehead atoms. The molecular weight excluding hydrogens is 315 g/mol. The van der Waals surface area contributed by atoms with Crippen molar-refractivity contribution in [3.05, 3.63) is 0 Å². The van der Waals surface area contributed by atoms with E-state index in [1.54, 1.807) is 0 Å². The summed E-state index contributed by atoms with van der Waals surface area (Å²) in [6, 6.07) is 0. The van der Waals surface area contributed by atoms with Gasteiger partial charge in [-0.15, -0.1) is 0 Å². The zero-order valence-electron chi connectivity index (χ0n) is 9.25. The maximum atomic E-state index is 12.0. The summed E-state index contributed by atoms with van der Waals surface area (Å²) in [5, 5.41) is 0. The minimum Gasteiger partial charge on any atom is -0.372 e. The molecule has 2 fully saturated rings. The van der Waals surface area contributed by atoms with E-state index in [2.05, 4.69) is 4.18 Å². The third kappa shape index (κ3) is 3.18. The molecule has 112 valence electrons. The molecule has 2 aliphatic heterocycles. The first-order chi connectivity index (χ1) is 8.50. The Hall–Kier alpha value is -0.430.